The highest BCUT2D eigenvalue weighted by atomic mass is 32.1. The van der Waals surface area contributed by atoms with Gasteiger partial charge in [0.2, 0.25) is 10.9 Å². The van der Waals surface area contributed by atoms with Gasteiger partial charge in [0.1, 0.15) is 5.01 Å². The number of carbonyl (C=O) groups is 2. The van der Waals surface area contributed by atoms with Gasteiger partial charge in [-0.25, -0.2) is 0 Å². The van der Waals surface area contributed by atoms with Crippen LogP contribution in [0.25, 0.3) is 0 Å². The number of aryl methyl sites for hydroxylation is 1. The van der Waals surface area contributed by atoms with E-state index in [9.17, 15) is 9.59 Å². The Hall–Kier alpha value is -2.32. The van der Waals surface area contributed by atoms with Crippen molar-refractivity contribution in [3.05, 3.63) is 40.3 Å². The van der Waals surface area contributed by atoms with E-state index in [0.717, 1.165) is 18.9 Å². The predicted octanol–water partition coefficient (Wildman–Crippen LogP) is 2.96. The first-order chi connectivity index (χ1) is 14.1. The van der Waals surface area contributed by atoms with Crippen molar-refractivity contribution in [3.8, 4) is 0 Å². The summed E-state index contributed by atoms with van der Waals surface area (Å²) in [6.45, 7) is 6.39. The molecule has 1 fully saturated rings. The molecule has 2 heterocycles. The number of hydrogen-bond donors (Lipinski definition) is 2. The van der Waals surface area contributed by atoms with Gasteiger partial charge in [-0.3, -0.25) is 9.59 Å². The van der Waals surface area contributed by atoms with Crippen molar-refractivity contribution in [3.63, 3.8) is 0 Å². The number of nitrogens with one attached hydrogen (secondary N) is 2. The first-order valence-corrected chi connectivity index (χ1v) is 11.1. The number of carbonyl (C=O) groups excluding carboxylic acids is 2. The van der Waals surface area contributed by atoms with Crippen LogP contribution in [-0.2, 0) is 11.2 Å². The zero-order chi connectivity index (χ0) is 20.5. The van der Waals surface area contributed by atoms with Crippen LogP contribution in [0.2, 0.25) is 0 Å². The molecule has 2 aromatic rings. The number of anilines is 1. The SMILES string of the molecule is C[C@H]1CCCN(CCCNC(=O)CCc2nnc(C(=O)Nc3ccccc3)s2)C1. The van der Waals surface area contributed by atoms with Crippen molar-refractivity contribution in [2.24, 2.45) is 5.92 Å². The fourth-order valence-electron chi connectivity index (χ4n) is 3.48. The lowest BCUT2D eigenvalue weighted by Gasteiger charge is -2.30. The van der Waals surface area contributed by atoms with Crippen molar-refractivity contribution >= 4 is 28.8 Å². The Balaban J connectivity index is 1.32. The molecule has 29 heavy (non-hydrogen) atoms. The molecule has 156 valence electrons. The van der Waals surface area contributed by atoms with Crippen molar-refractivity contribution in [2.75, 3.05) is 31.5 Å². The summed E-state index contributed by atoms with van der Waals surface area (Å²) in [6, 6.07) is 9.23. The Bertz CT molecular complexity index is 795. The fourth-order valence-corrected chi connectivity index (χ4v) is 4.22. The Morgan fingerprint density at radius 1 is 1.24 bits per heavy atom. The van der Waals surface area contributed by atoms with E-state index in [1.807, 2.05) is 30.3 Å². The molecule has 2 N–H and O–H groups in total. The molecule has 3 rings (SSSR count). The highest BCUT2D eigenvalue weighted by molar-refractivity contribution is 7.13. The topological polar surface area (TPSA) is 87.2 Å². The number of piperidine rings is 1. The molecule has 8 heteroatoms. The Morgan fingerprint density at radius 3 is 2.86 bits per heavy atom. The summed E-state index contributed by atoms with van der Waals surface area (Å²) in [5.41, 5.74) is 0.715. The van der Waals surface area contributed by atoms with Gasteiger partial charge in [0.25, 0.3) is 5.91 Å². The molecule has 1 atom stereocenters. The van der Waals surface area contributed by atoms with Crippen LogP contribution in [0.4, 0.5) is 5.69 Å². The maximum Gasteiger partial charge on any atom is 0.286 e. The molecule has 0 radical (unpaired) electrons. The number of benzene rings is 1. The molecule has 1 aliphatic heterocycles. The van der Waals surface area contributed by atoms with Crippen molar-refractivity contribution < 1.29 is 9.59 Å². The second kappa shape index (κ2) is 11.0. The van der Waals surface area contributed by atoms with Crippen LogP contribution < -0.4 is 10.6 Å². The fraction of sp³-hybridized carbons (Fsp3) is 0.524. The number of amides is 2. The maximum atomic E-state index is 12.2. The summed E-state index contributed by atoms with van der Waals surface area (Å²) in [7, 11) is 0. The van der Waals surface area contributed by atoms with Crippen molar-refractivity contribution in [2.45, 2.75) is 39.0 Å². The minimum atomic E-state index is -0.281. The van der Waals surface area contributed by atoms with Gasteiger partial charge in [-0.2, -0.15) is 0 Å². The predicted molar refractivity (Wildman–Crippen MR) is 115 cm³/mol. The molecule has 1 aromatic heterocycles. The molecule has 0 unspecified atom stereocenters. The summed E-state index contributed by atoms with van der Waals surface area (Å²) in [5, 5.41) is 14.7. The first kappa shape index (κ1) is 21.4. The summed E-state index contributed by atoms with van der Waals surface area (Å²) in [4.78, 5) is 26.7. The first-order valence-electron chi connectivity index (χ1n) is 10.3. The highest BCUT2D eigenvalue weighted by Crippen LogP contribution is 2.16. The summed E-state index contributed by atoms with van der Waals surface area (Å²) in [5.74, 6) is 0.517. The zero-order valence-electron chi connectivity index (χ0n) is 16.9. The van der Waals surface area contributed by atoms with Gasteiger partial charge in [-0.05, 0) is 50.4 Å². The Kier molecular flexibility index (Phi) is 8.13. The Morgan fingerprint density at radius 2 is 2.07 bits per heavy atom. The van der Waals surface area contributed by atoms with Gasteiger partial charge in [0, 0.05) is 31.6 Å². The van der Waals surface area contributed by atoms with Gasteiger partial charge in [0.05, 0.1) is 0 Å². The molecule has 1 saturated heterocycles. The molecule has 1 aromatic carbocycles. The van der Waals surface area contributed by atoms with Crippen molar-refractivity contribution in [1.82, 2.24) is 20.4 Å². The third-order valence-corrected chi connectivity index (χ3v) is 5.95. The molecule has 1 aliphatic rings. The number of likely N-dealkylation sites (tertiary alicyclic amines) is 1. The van der Waals surface area contributed by atoms with E-state index in [0.29, 0.717) is 35.1 Å². The van der Waals surface area contributed by atoms with E-state index in [4.69, 9.17) is 0 Å². The van der Waals surface area contributed by atoms with Crippen LogP contribution in [0, 0.1) is 5.92 Å². The van der Waals surface area contributed by atoms with Crippen LogP contribution in [0.15, 0.2) is 30.3 Å². The highest BCUT2D eigenvalue weighted by Gasteiger charge is 2.16. The number of nitrogens with zero attached hydrogens (tertiary/aromatic N) is 3. The second-order valence-corrected chi connectivity index (χ2v) is 8.63. The molecule has 0 spiro atoms. The minimum absolute atomic E-state index is 0.0162. The van der Waals surface area contributed by atoms with E-state index in [1.54, 1.807) is 0 Å². The van der Waals surface area contributed by atoms with E-state index in [-0.39, 0.29) is 11.8 Å². The maximum absolute atomic E-state index is 12.2. The third-order valence-electron chi connectivity index (χ3n) is 4.97. The molecular weight excluding hydrogens is 386 g/mol. The van der Waals surface area contributed by atoms with E-state index in [2.05, 4.69) is 32.7 Å². The van der Waals surface area contributed by atoms with Crippen LogP contribution in [0.3, 0.4) is 0 Å². The number of aromatic nitrogens is 2. The summed E-state index contributed by atoms with van der Waals surface area (Å²) >= 11 is 1.23. The lowest BCUT2D eigenvalue weighted by molar-refractivity contribution is -0.121. The standard InChI is InChI=1S/C21H29N5O2S/c1-16-7-5-13-26(15-16)14-6-12-22-18(27)10-11-19-24-25-21(29-19)20(28)23-17-8-3-2-4-9-17/h2-4,8-9,16H,5-7,10-15H2,1H3,(H,22,27)(H,23,28)/t16-/m0/s1. The molecule has 0 saturated carbocycles. The molecule has 0 aliphatic carbocycles. The van der Waals surface area contributed by atoms with Crippen LogP contribution in [0.5, 0.6) is 0 Å². The van der Waals surface area contributed by atoms with Gasteiger partial charge >= 0.3 is 0 Å². The van der Waals surface area contributed by atoms with Gasteiger partial charge in [-0.1, -0.05) is 36.5 Å². The average molecular weight is 416 g/mol. The van der Waals surface area contributed by atoms with Crippen LogP contribution in [0.1, 0.15) is 47.4 Å². The second-order valence-electron chi connectivity index (χ2n) is 7.57. The third kappa shape index (κ3) is 7.21. The van der Waals surface area contributed by atoms with Gasteiger partial charge in [-0.15, -0.1) is 10.2 Å². The average Bonchev–Trinajstić information content (AvgIpc) is 3.20. The quantitative estimate of drug-likeness (QED) is 0.615. The monoisotopic (exact) mass is 415 g/mol. The van der Waals surface area contributed by atoms with Crippen molar-refractivity contribution in [1.29, 1.82) is 0 Å². The van der Waals surface area contributed by atoms with E-state index in [1.165, 1.54) is 37.3 Å². The largest absolute Gasteiger partial charge is 0.356 e. The number of rotatable bonds is 9. The normalized spacial score (nSPS) is 17.1. The molecule has 2 amide bonds. The van der Waals surface area contributed by atoms with E-state index < -0.39 is 0 Å². The number of para-hydroxylation sites is 1. The minimum Gasteiger partial charge on any atom is -0.356 e. The lowest BCUT2D eigenvalue weighted by atomic mass is 10.0. The van der Waals surface area contributed by atoms with E-state index >= 15 is 0 Å². The smallest absolute Gasteiger partial charge is 0.286 e. The molecular formula is C21H29N5O2S. The van der Waals surface area contributed by atoms with Gasteiger partial charge in [0.15, 0.2) is 0 Å². The molecule has 7 nitrogen and oxygen atoms in total. The van der Waals surface area contributed by atoms with Crippen LogP contribution >= 0.6 is 11.3 Å². The number of hydrogen-bond acceptors (Lipinski definition) is 6. The van der Waals surface area contributed by atoms with Gasteiger partial charge < -0.3 is 15.5 Å². The molecule has 0 bridgehead atoms. The Labute approximate surface area is 175 Å². The summed E-state index contributed by atoms with van der Waals surface area (Å²) < 4.78 is 0. The van der Waals surface area contributed by atoms with Crippen LogP contribution in [-0.4, -0.2) is 53.1 Å². The summed E-state index contributed by atoms with van der Waals surface area (Å²) in [6.07, 6.45) is 4.43. The lowest BCUT2D eigenvalue weighted by Crippen LogP contribution is -2.36. The zero-order valence-corrected chi connectivity index (χ0v) is 17.7.